The molecular weight excluding hydrogens is 272 g/mol. The lowest BCUT2D eigenvalue weighted by Gasteiger charge is -2.36. The van der Waals surface area contributed by atoms with E-state index < -0.39 is 11.6 Å². The van der Waals surface area contributed by atoms with Crippen LogP contribution in [0.1, 0.15) is 31.2 Å². The number of halogens is 2. The Morgan fingerprint density at radius 3 is 2.33 bits per heavy atom. The molecule has 112 valence electrons. The third-order valence-corrected chi connectivity index (χ3v) is 4.67. The van der Waals surface area contributed by atoms with Crippen molar-refractivity contribution in [2.75, 3.05) is 24.5 Å². The fraction of sp³-hybridized carbons (Fsp3) is 0.562. The molecule has 2 fully saturated rings. The smallest absolute Gasteiger partial charge is 0.150 e. The van der Waals surface area contributed by atoms with E-state index in [1.807, 2.05) is 0 Å². The Hall–Kier alpha value is -1.67. The van der Waals surface area contributed by atoms with Crippen LogP contribution in [-0.4, -0.2) is 25.7 Å². The molecule has 0 spiro atoms. The zero-order valence-corrected chi connectivity index (χ0v) is 11.9. The molecule has 2 aliphatic rings. The molecule has 1 N–H and O–H groups in total. The van der Waals surface area contributed by atoms with Crippen molar-refractivity contribution >= 4 is 5.69 Å². The van der Waals surface area contributed by atoms with Crippen LogP contribution in [-0.2, 0) is 0 Å². The number of anilines is 1. The topological polar surface area (TPSA) is 39.1 Å². The van der Waals surface area contributed by atoms with Crippen LogP contribution in [0.5, 0.6) is 0 Å². The lowest BCUT2D eigenvalue weighted by atomic mass is 9.88. The van der Waals surface area contributed by atoms with Crippen LogP contribution in [0.25, 0.3) is 0 Å². The van der Waals surface area contributed by atoms with Crippen molar-refractivity contribution in [3.8, 4) is 6.07 Å². The molecule has 0 amide bonds. The van der Waals surface area contributed by atoms with Crippen LogP contribution in [0, 0.1) is 28.9 Å². The highest BCUT2D eigenvalue weighted by Crippen LogP contribution is 2.31. The Balaban J connectivity index is 1.71. The number of hydrogen-bond acceptors (Lipinski definition) is 3. The van der Waals surface area contributed by atoms with E-state index in [4.69, 9.17) is 5.26 Å². The van der Waals surface area contributed by atoms with Crippen LogP contribution >= 0.6 is 0 Å². The molecule has 3 nitrogen and oxygen atoms in total. The summed E-state index contributed by atoms with van der Waals surface area (Å²) in [6.07, 6.45) is 4.35. The van der Waals surface area contributed by atoms with Crippen molar-refractivity contribution in [2.45, 2.75) is 31.7 Å². The molecule has 0 aromatic heterocycles. The van der Waals surface area contributed by atoms with E-state index in [9.17, 15) is 8.78 Å². The third-order valence-electron chi connectivity index (χ3n) is 4.67. The van der Waals surface area contributed by atoms with Crippen molar-refractivity contribution in [3.63, 3.8) is 0 Å². The van der Waals surface area contributed by atoms with Crippen LogP contribution in [0.15, 0.2) is 12.1 Å². The van der Waals surface area contributed by atoms with Gasteiger partial charge in [-0.1, -0.05) is 0 Å². The first-order chi connectivity index (χ1) is 10.2. The highest BCUT2D eigenvalue weighted by molar-refractivity contribution is 5.52. The maximum Gasteiger partial charge on any atom is 0.150 e. The highest BCUT2D eigenvalue weighted by Gasteiger charge is 2.30. The molecule has 1 unspecified atom stereocenters. The summed E-state index contributed by atoms with van der Waals surface area (Å²) in [5.74, 6) is -0.666. The SMILES string of the molecule is N#Cc1cc(F)c(N2CCC(C3CCCN3)CC2)c(F)c1. The summed E-state index contributed by atoms with van der Waals surface area (Å²) in [4.78, 5) is 1.78. The number of nitriles is 1. The second-order valence-electron chi connectivity index (χ2n) is 5.93. The Morgan fingerprint density at radius 2 is 1.81 bits per heavy atom. The van der Waals surface area contributed by atoms with Gasteiger partial charge in [0.1, 0.15) is 5.69 Å². The fourth-order valence-electron chi connectivity index (χ4n) is 3.57. The van der Waals surface area contributed by atoms with Gasteiger partial charge in [-0.05, 0) is 50.3 Å². The predicted molar refractivity (Wildman–Crippen MR) is 77.0 cm³/mol. The van der Waals surface area contributed by atoms with Gasteiger partial charge in [0.05, 0.1) is 11.6 Å². The molecule has 1 aromatic carbocycles. The van der Waals surface area contributed by atoms with E-state index in [-0.39, 0.29) is 11.3 Å². The van der Waals surface area contributed by atoms with Crippen molar-refractivity contribution in [1.82, 2.24) is 5.32 Å². The van der Waals surface area contributed by atoms with Gasteiger partial charge in [-0.15, -0.1) is 0 Å². The van der Waals surface area contributed by atoms with Gasteiger partial charge < -0.3 is 10.2 Å². The molecule has 0 bridgehead atoms. The molecule has 0 radical (unpaired) electrons. The standard InChI is InChI=1S/C16H19F2N3/c17-13-8-11(10-19)9-14(18)16(13)21-6-3-12(4-7-21)15-2-1-5-20-15/h8-9,12,15,20H,1-7H2. The van der Waals surface area contributed by atoms with E-state index in [2.05, 4.69) is 5.32 Å². The molecule has 5 heteroatoms. The number of benzene rings is 1. The van der Waals surface area contributed by atoms with E-state index in [1.54, 1.807) is 11.0 Å². The summed E-state index contributed by atoms with van der Waals surface area (Å²) in [5, 5.41) is 12.3. The third kappa shape index (κ3) is 2.86. The van der Waals surface area contributed by atoms with Gasteiger partial charge in [0.15, 0.2) is 11.6 Å². The van der Waals surface area contributed by atoms with Crippen LogP contribution in [0.2, 0.25) is 0 Å². The van der Waals surface area contributed by atoms with Gasteiger partial charge in [0, 0.05) is 19.1 Å². The molecule has 1 aromatic rings. The summed E-state index contributed by atoms with van der Waals surface area (Å²) >= 11 is 0. The lowest BCUT2D eigenvalue weighted by molar-refractivity contribution is 0.317. The number of piperidine rings is 1. The fourth-order valence-corrected chi connectivity index (χ4v) is 3.57. The Bertz CT molecular complexity index is 530. The molecule has 2 saturated heterocycles. The maximum atomic E-state index is 14.0. The predicted octanol–water partition coefficient (Wildman–Crippen LogP) is 2.80. The van der Waals surface area contributed by atoms with E-state index >= 15 is 0 Å². The second-order valence-corrected chi connectivity index (χ2v) is 5.93. The maximum absolute atomic E-state index is 14.0. The molecule has 2 heterocycles. The Labute approximate surface area is 123 Å². The Morgan fingerprint density at radius 1 is 1.14 bits per heavy atom. The number of nitrogens with one attached hydrogen (secondary N) is 1. The van der Waals surface area contributed by atoms with Crippen LogP contribution < -0.4 is 10.2 Å². The van der Waals surface area contributed by atoms with E-state index in [0.29, 0.717) is 25.0 Å². The number of hydrogen-bond donors (Lipinski definition) is 1. The number of rotatable bonds is 2. The van der Waals surface area contributed by atoms with Gasteiger partial charge in [0.25, 0.3) is 0 Å². The minimum Gasteiger partial charge on any atom is -0.367 e. The molecule has 2 aliphatic heterocycles. The number of nitrogens with zero attached hydrogens (tertiary/aromatic N) is 2. The molecular formula is C16H19F2N3. The first kappa shape index (κ1) is 14.3. The normalized spacial score (nSPS) is 23.3. The van der Waals surface area contributed by atoms with Gasteiger partial charge in [-0.3, -0.25) is 0 Å². The summed E-state index contributed by atoms with van der Waals surface area (Å²) in [6, 6.07) is 4.58. The first-order valence-corrected chi connectivity index (χ1v) is 7.56. The summed E-state index contributed by atoms with van der Waals surface area (Å²) in [6.45, 7) is 2.43. The van der Waals surface area contributed by atoms with Crippen molar-refractivity contribution in [2.24, 2.45) is 5.92 Å². The zero-order valence-electron chi connectivity index (χ0n) is 11.9. The summed E-state index contributed by atoms with van der Waals surface area (Å²) in [7, 11) is 0. The first-order valence-electron chi connectivity index (χ1n) is 7.56. The minimum absolute atomic E-state index is 0.0202. The highest BCUT2D eigenvalue weighted by atomic mass is 19.1. The largest absolute Gasteiger partial charge is 0.367 e. The molecule has 0 saturated carbocycles. The molecule has 21 heavy (non-hydrogen) atoms. The molecule has 0 aliphatic carbocycles. The van der Waals surface area contributed by atoms with Crippen molar-refractivity contribution in [3.05, 3.63) is 29.3 Å². The van der Waals surface area contributed by atoms with Gasteiger partial charge in [-0.2, -0.15) is 5.26 Å². The van der Waals surface area contributed by atoms with E-state index in [1.165, 1.54) is 12.8 Å². The average molecular weight is 291 g/mol. The summed E-state index contributed by atoms with van der Waals surface area (Å²) < 4.78 is 28.1. The molecule has 3 rings (SSSR count). The van der Waals surface area contributed by atoms with Gasteiger partial charge in [0.2, 0.25) is 0 Å². The van der Waals surface area contributed by atoms with Crippen molar-refractivity contribution < 1.29 is 8.78 Å². The average Bonchev–Trinajstić information content (AvgIpc) is 3.01. The van der Waals surface area contributed by atoms with Gasteiger partial charge in [-0.25, -0.2) is 8.78 Å². The van der Waals surface area contributed by atoms with Crippen LogP contribution in [0.4, 0.5) is 14.5 Å². The second kappa shape index (κ2) is 5.98. The van der Waals surface area contributed by atoms with Gasteiger partial charge >= 0.3 is 0 Å². The summed E-state index contributed by atoms with van der Waals surface area (Å²) in [5.41, 5.74) is 0.0469. The Kier molecular flexibility index (Phi) is 4.07. The minimum atomic E-state index is -0.635. The molecule has 1 atom stereocenters. The van der Waals surface area contributed by atoms with E-state index in [0.717, 1.165) is 31.5 Å². The van der Waals surface area contributed by atoms with Crippen molar-refractivity contribution in [1.29, 1.82) is 5.26 Å². The lowest BCUT2D eigenvalue weighted by Crippen LogP contribution is -2.41. The van der Waals surface area contributed by atoms with Crippen LogP contribution in [0.3, 0.4) is 0 Å². The monoisotopic (exact) mass is 291 g/mol. The zero-order chi connectivity index (χ0) is 14.8. The quantitative estimate of drug-likeness (QED) is 0.910.